The zero-order valence-electron chi connectivity index (χ0n) is 16.1. The first-order valence-corrected chi connectivity index (χ1v) is 9.28. The van der Waals surface area contributed by atoms with Crippen LogP contribution in [0.15, 0.2) is 42.5 Å². The van der Waals surface area contributed by atoms with E-state index in [-0.39, 0.29) is 24.4 Å². The van der Waals surface area contributed by atoms with Gasteiger partial charge in [0.1, 0.15) is 5.75 Å². The molecule has 2 aromatic rings. The SMILES string of the molecule is COc1ccc(C2CCCN2C(=O)CNC(=O)c2ccc(C)c(C)c2)cc1. The summed E-state index contributed by atoms with van der Waals surface area (Å²) in [4.78, 5) is 26.9. The number of amides is 2. The Labute approximate surface area is 160 Å². The van der Waals surface area contributed by atoms with E-state index in [0.29, 0.717) is 5.56 Å². The van der Waals surface area contributed by atoms with Crippen molar-refractivity contribution in [1.82, 2.24) is 10.2 Å². The van der Waals surface area contributed by atoms with Gasteiger partial charge in [0, 0.05) is 12.1 Å². The van der Waals surface area contributed by atoms with E-state index < -0.39 is 0 Å². The van der Waals surface area contributed by atoms with Crippen LogP contribution >= 0.6 is 0 Å². The highest BCUT2D eigenvalue weighted by molar-refractivity contribution is 5.96. The number of carbonyl (C=O) groups excluding carboxylic acids is 2. The summed E-state index contributed by atoms with van der Waals surface area (Å²) in [5, 5.41) is 2.76. The summed E-state index contributed by atoms with van der Waals surface area (Å²) in [5.74, 6) is 0.535. The van der Waals surface area contributed by atoms with Crippen LogP contribution in [0.4, 0.5) is 0 Å². The van der Waals surface area contributed by atoms with Crippen molar-refractivity contribution in [2.45, 2.75) is 32.7 Å². The Morgan fingerprint density at radius 3 is 2.52 bits per heavy atom. The Hall–Kier alpha value is -2.82. The van der Waals surface area contributed by atoms with Crippen LogP contribution in [0, 0.1) is 13.8 Å². The molecule has 3 rings (SSSR count). The molecule has 1 unspecified atom stereocenters. The van der Waals surface area contributed by atoms with Crippen LogP contribution in [-0.2, 0) is 4.79 Å². The third kappa shape index (κ3) is 4.30. The zero-order valence-corrected chi connectivity index (χ0v) is 16.1. The highest BCUT2D eigenvalue weighted by Crippen LogP contribution is 2.32. The van der Waals surface area contributed by atoms with Crippen molar-refractivity contribution < 1.29 is 14.3 Å². The topological polar surface area (TPSA) is 58.6 Å². The Balaban J connectivity index is 1.62. The summed E-state index contributed by atoms with van der Waals surface area (Å²) in [7, 11) is 1.64. The second kappa shape index (κ2) is 8.25. The van der Waals surface area contributed by atoms with Crippen molar-refractivity contribution in [2.75, 3.05) is 20.2 Å². The van der Waals surface area contributed by atoms with Gasteiger partial charge in [-0.3, -0.25) is 9.59 Å². The zero-order chi connectivity index (χ0) is 19.4. The third-order valence-corrected chi connectivity index (χ3v) is 5.24. The lowest BCUT2D eigenvalue weighted by Gasteiger charge is -2.25. The molecule has 1 N–H and O–H groups in total. The van der Waals surface area contributed by atoms with Gasteiger partial charge < -0.3 is 15.0 Å². The van der Waals surface area contributed by atoms with Crippen LogP contribution in [0.1, 0.15) is 45.9 Å². The second-order valence-corrected chi connectivity index (χ2v) is 7.00. The largest absolute Gasteiger partial charge is 0.497 e. The summed E-state index contributed by atoms with van der Waals surface area (Å²) in [6.45, 7) is 4.71. The molecule has 0 bridgehead atoms. The highest BCUT2D eigenvalue weighted by atomic mass is 16.5. The molecule has 0 spiro atoms. The maximum Gasteiger partial charge on any atom is 0.251 e. The van der Waals surface area contributed by atoms with E-state index in [4.69, 9.17) is 4.74 Å². The maximum atomic E-state index is 12.7. The lowest BCUT2D eigenvalue weighted by Crippen LogP contribution is -2.39. The van der Waals surface area contributed by atoms with Crippen molar-refractivity contribution in [3.05, 3.63) is 64.7 Å². The molecular formula is C22H26N2O3. The van der Waals surface area contributed by atoms with Crippen LogP contribution in [-0.4, -0.2) is 36.9 Å². The van der Waals surface area contributed by atoms with E-state index in [9.17, 15) is 9.59 Å². The van der Waals surface area contributed by atoms with Gasteiger partial charge in [-0.05, 0) is 67.6 Å². The molecule has 1 heterocycles. The van der Waals surface area contributed by atoms with Crippen molar-refractivity contribution in [2.24, 2.45) is 0 Å². The lowest BCUT2D eigenvalue weighted by atomic mass is 10.0. The number of hydrogen-bond donors (Lipinski definition) is 1. The van der Waals surface area contributed by atoms with Gasteiger partial charge in [-0.2, -0.15) is 0 Å². The van der Waals surface area contributed by atoms with Gasteiger partial charge >= 0.3 is 0 Å². The Bertz CT molecular complexity index is 830. The molecule has 2 amide bonds. The predicted molar refractivity (Wildman–Crippen MR) is 105 cm³/mol. The fraction of sp³-hybridized carbons (Fsp3) is 0.364. The summed E-state index contributed by atoms with van der Waals surface area (Å²) in [6, 6.07) is 13.5. The predicted octanol–water partition coefficient (Wildman–Crippen LogP) is 3.41. The number of benzene rings is 2. The van der Waals surface area contributed by atoms with E-state index in [1.165, 1.54) is 0 Å². The number of hydrogen-bond acceptors (Lipinski definition) is 3. The molecule has 1 saturated heterocycles. The highest BCUT2D eigenvalue weighted by Gasteiger charge is 2.29. The first-order valence-electron chi connectivity index (χ1n) is 9.28. The van der Waals surface area contributed by atoms with E-state index in [1.807, 2.05) is 55.1 Å². The average molecular weight is 366 g/mol. The van der Waals surface area contributed by atoms with Gasteiger partial charge in [0.2, 0.25) is 5.91 Å². The number of aryl methyl sites for hydroxylation is 2. The summed E-state index contributed by atoms with van der Waals surface area (Å²) in [6.07, 6.45) is 1.90. The monoisotopic (exact) mass is 366 g/mol. The molecular weight excluding hydrogens is 340 g/mol. The third-order valence-electron chi connectivity index (χ3n) is 5.24. The number of rotatable bonds is 5. The molecule has 0 aromatic heterocycles. The van der Waals surface area contributed by atoms with Crippen LogP contribution in [0.25, 0.3) is 0 Å². The van der Waals surface area contributed by atoms with Crippen molar-refractivity contribution in [3.8, 4) is 5.75 Å². The number of methoxy groups -OCH3 is 1. The van der Waals surface area contributed by atoms with Crippen LogP contribution in [0.2, 0.25) is 0 Å². The van der Waals surface area contributed by atoms with Gasteiger partial charge in [-0.1, -0.05) is 18.2 Å². The molecule has 0 radical (unpaired) electrons. The molecule has 0 aliphatic carbocycles. The average Bonchev–Trinajstić information content (AvgIpc) is 3.18. The number of likely N-dealkylation sites (tertiary alicyclic amines) is 1. The van der Waals surface area contributed by atoms with Gasteiger partial charge in [0.15, 0.2) is 0 Å². The minimum absolute atomic E-state index is 0.0123. The molecule has 1 fully saturated rings. The number of nitrogens with zero attached hydrogens (tertiary/aromatic N) is 1. The summed E-state index contributed by atoms with van der Waals surface area (Å²) in [5.41, 5.74) is 3.89. The fourth-order valence-corrected chi connectivity index (χ4v) is 3.48. The second-order valence-electron chi connectivity index (χ2n) is 7.00. The lowest BCUT2D eigenvalue weighted by molar-refractivity contribution is -0.131. The maximum absolute atomic E-state index is 12.7. The van der Waals surface area contributed by atoms with E-state index in [0.717, 1.165) is 41.8 Å². The van der Waals surface area contributed by atoms with Gasteiger partial charge in [0.25, 0.3) is 5.91 Å². The van der Waals surface area contributed by atoms with Gasteiger partial charge in [-0.25, -0.2) is 0 Å². The Kier molecular flexibility index (Phi) is 5.79. The number of carbonyl (C=O) groups is 2. The Morgan fingerprint density at radius 1 is 1.11 bits per heavy atom. The molecule has 1 aliphatic heterocycles. The van der Waals surface area contributed by atoms with E-state index in [2.05, 4.69) is 5.32 Å². The molecule has 1 aliphatic rings. The Morgan fingerprint density at radius 2 is 1.85 bits per heavy atom. The smallest absolute Gasteiger partial charge is 0.251 e. The standard InChI is InChI=1S/C22H26N2O3/c1-15-6-7-18(13-16(15)2)22(26)23-14-21(25)24-12-4-5-20(24)17-8-10-19(27-3)11-9-17/h6-11,13,20H,4-5,12,14H2,1-3H3,(H,23,26). The number of ether oxygens (including phenoxy) is 1. The summed E-state index contributed by atoms with van der Waals surface area (Å²) < 4.78 is 5.20. The molecule has 142 valence electrons. The minimum Gasteiger partial charge on any atom is -0.497 e. The van der Waals surface area contributed by atoms with Crippen molar-refractivity contribution in [1.29, 1.82) is 0 Å². The molecule has 0 saturated carbocycles. The quantitative estimate of drug-likeness (QED) is 0.882. The molecule has 2 aromatic carbocycles. The molecule has 1 atom stereocenters. The molecule has 27 heavy (non-hydrogen) atoms. The normalized spacial score (nSPS) is 16.3. The molecule has 5 nitrogen and oxygen atoms in total. The summed E-state index contributed by atoms with van der Waals surface area (Å²) >= 11 is 0. The van der Waals surface area contributed by atoms with Crippen molar-refractivity contribution >= 4 is 11.8 Å². The van der Waals surface area contributed by atoms with Crippen molar-refractivity contribution in [3.63, 3.8) is 0 Å². The van der Waals surface area contributed by atoms with Gasteiger partial charge in [0.05, 0.1) is 19.7 Å². The minimum atomic E-state index is -0.216. The van der Waals surface area contributed by atoms with Crippen LogP contribution < -0.4 is 10.1 Å². The first-order chi connectivity index (χ1) is 13.0. The first kappa shape index (κ1) is 19.0. The van der Waals surface area contributed by atoms with Crippen LogP contribution in [0.3, 0.4) is 0 Å². The van der Waals surface area contributed by atoms with E-state index in [1.54, 1.807) is 13.2 Å². The van der Waals surface area contributed by atoms with E-state index >= 15 is 0 Å². The molecule has 5 heteroatoms. The fourth-order valence-electron chi connectivity index (χ4n) is 3.48. The number of nitrogens with one attached hydrogen (secondary N) is 1. The van der Waals surface area contributed by atoms with Gasteiger partial charge in [-0.15, -0.1) is 0 Å². The van der Waals surface area contributed by atoms with Crippen LogP contribution in [0.5, 0.6) is 5.75 Å².